The molecule has 0 aliphatic heterocycles. The van der Waals surface area contributed by atoms with Crippen molar-refractivity contribution in [3.05, 3.63) is 69.8 Å². The van der Waals surface area contributed by atoms with Crippen molar-refractivity contribution in [2.75, 3.05) is 0 Å². The van der Waals surface area contributed by atoms with E-state index in [0.717, 1.165) is 39.8 Å². The monoisotopic (exact) mass is 472 g/mol. The number of carbonyl (C=O) groups excluding carboxylic acids is 4. The molecule has 0 atom stereocenters. The lowest BCUT2D eigenvalue weighted by molar-refractivity contribution is -0.288. The Bertz CT molecular complexity index is 1070. The number of Topliss-reactive ketones (excluding diaryl/α,β-unsaturated/α-hetero) is 4. The number of ketones is 4. The molecule has 33 heavy (non-hydrogen) atoms. The first-order valence-corrected chi connectivity index (χ1v) is 9.43. The van der Waals surface area contributed by atoms with Gasteiger partial charge in [-0.05, 0) is 51.0 Å². The second-order valence-corrected chi connectivity index (χ2v) is 7.49. The zero-order valence-corrected chi connectivity index (χ0v) is 17.9. The lowest BCUT2D eigenvalue weighted by atomic mass is 9.71. The average Bonchev–Trinajstić information content (AvgIpc) is 2.65. The summed E-state index contributed by atoms with van der Waals surface area (Å²) in [5, 5.41) is 0. The highest BCUT2D eigenvalue weighted by Crippen LogP contribution is 2.56. The Labute approximate surface area is 184 Å². The van der Waals surface area contributed by atoms with Crippen molar-refractivity contribution >= 4 is 23.1 Å². The third kappa shape index (κ3) is 4.34. The van der Waals surface area contributed by atoms with Crippen LogP contribution in [0, 0.1) is 0 Å². The summed E-state index contributed by atoms with van der Waals surface area (Å²) in [6.45, 7) is 3.84. The summed E-state index contributed by atoms with van der Waals surface area (Å²) < 4.78 is 86.4. The van der Waals surface area contributed by atoms with Gasteiger partial charge < -0.3 is 0 Å². The van der Waals surface area contributed by atoms with E-state index in [1.807, 2.05) is 0 Å². The van der Waals surface area contributed by atoms with Crippen LogP contribution in [-0.4, -0.2) is 35.5 Å². The Morgan fingerprint density at radius 1 is 0.515 bits per heavy atom. The van der Waals surface area contributed by atoms with Gasteiger partial charge in [0, 0.05) is 22.3 Å². The maximum Gasteiger partial charge on any atom is 0.411 e. The zero-order valence-electron chi connectivity index (χ0n) is 17.9. The molecule has 0 N–H and O–H groups in total. The zero-order chi connectivity index (χ0) is 25.5. The van der Waals surface area contributed by atoms with Crippen molar-refractivity contribution in [1.29, 1.82) is 0 Å². The Morgan fingerprint density at radius 3 is 1.00 bits per heavy atom. The van der Waals surface area contributed by atoms with Gasteiger partial charge in [0.15, 0.2) is 23.1 Å². The second-order valence-electron chi connectivity index (χ2n) is 7.49. The molecule has 2 rings (SSSR count). The summed E-state index contributed by atoms with van der Waals surface area (Å²) in [6.07, 6.45) is -12.0. The molecule has 0 bridgehead atoms. The van der Waals surface area contributed by atoms with Crippen LogP contribution in [-0.2, 0) is 5.41 Å². The Hall–Kier alpha value is -3.30. The molecule has 0 aliphatic carbocycles. The van der Waals surface area contributed by atoms with Gasteiger partial charge in [0.2, 0.25) is 5.41 Å². The van der Waals surface area contributed by atoms with E-state index in [-0.39, 0.29) is 11.1 Å². The van der Waals surface area contributed by atoms with Crippen LogP contribution in [0.2, 0.25) is 0 Å². The van der Waals surface area contributed by atoms with E-state index in [9.17, 15) is 45.5 Å². The lowest BCUT2D eigenvalue weighted by Crippen LogP contribution is -2.55. The topological polar surface area (TPSA) is 68.3 Å². The SMILES string of the molecule is CC(=O)c1ccc(C(c2ccc(C(C)=O)c(C(C)=O)c2)(C(F)(F)F)C(F)(F)F)cc1C(C)=O. The van der Waals surface area contributed by atoms with Crippen molar-refractivity contribution in [3.63, 3.8) is 0 Å². The van der Waals surface area contributed by atoms with E-state index >= 15 is 0 Å². The lowest BCUT2D eigenvalue weighted by Gasteiger charge is -2.39. The van der Waals surface area contributed by atoms with E-state index < -0.39 is 63.2 Å². The minimum atomic E-state index is -5.98. The third-order valence-electron chi connectivity index (χ3n) is 5.27. The molecule has 0 radical (unpaired) electrons. The molecule has 10 heteroatoms. The van der Waals surface area contributed by atoms with Gasteiger partial charge in [0.25, 0.3) is 0 Å². The van der Waals surface area contributed by atoms with Gasteiger partial charge in [-0.1, -0.05) is 24.3 Å². The van der Waals surface area contributed by atoms with Crippen LogP contribution in [0.5, 0.6) is 0 Å². The molecule has 0 aliphatic rings. The first-order valence-electron chi connectivity index (χ1n) is 9.43. The van der Waals surface area contributed by atoms with Crippen LogP contribution < -0.4 is 0 Å². The van der Waals surface area contributed by atoms with Crippen molar-refractivity contribution < 1.29 is 45.5 Å². The van der Waals surface area contributed by atoms with Gasteiger partial charge in [-0.15, -0.1) is 0 Å². The summed E-state index contributed by atoms with van der Waals surface area (Å²) in [5.74, 6) is -3.25. The van der Waals surface area contributed by atoms with Crippen LogP contribution in [0.3, 0.4) is 0 Å². The molecule has 0 heterocycles. The molecule has 0 fully saturated rings. The Kier molecular flexibility index (Phi) is 6.74. The van der Waals surface area contributed by atoms with Crippen LogP contribution in [0.1, 0.15) is 80.3 Å². The van der Waals surface area contributed by atoms with Crippen molar-refractivity contribution in [1.82, 2.24) is 0 Å². The fourth-order valence-corrected chi connectivity index (χ4v) is 3.73. The van der Waals surface area contributed by atoms with Crippen molar-refractivity contribution in [2.45, 2.75) is 45.5 Å². The van der Waals surface area contributed by atoms with Crippen LogP contribution in [0.25, 0.3) is 0 Å². The Balaban J connectivity index is 3.10. The third-order valence-corrected chi connectivity index (χ3v) is 5.27. The molecule has 0 saturated carbocycles. The molecule has 2 aromatic carbocycles. The van der Waals surface area contributed by atoms with Crippen LogP contribution in [0.4, 0.5) is 26.3 Å². The average molecular weight is 472 g/mol. The van der Waals surface area contributed by atoms with Gasteiger partial charge in [-0.2, -0.15) is 26.3 Å². The van der Waals surface area contributed by atoms with E-state index in [2.05, 4.69) is 0 Å². The maximum atomic E-state index is 14.4. The van der Waals surface area contributed by atoms with Gasteiger partial charge in [-0.3, -0.25) is 19.2 Å². The number of hydrogen-bond donors (Lipinski definition) is 0. The van der Waals surface area contributed by atoms with Crippen LogP contribution in [0.15, 0.2) is 36.4 Å². The standard InChI is InChI=1S/C23H18F6O4/c1-11(30)17-7-5-15(9-19(17)13(3)32)21(22(24,25)26,23(27,28)29)16-6-8-18(12(2)31)20(10-16)14(4)33/h5-10H,1-4H3. The van der Waals surface area contributed by atoms with E-state index in [0.29, 0.717) is 24.3 Å². The minimum absolute atomic E-state index is 0.333. The molecule has 0 aromatic heterocycles. The Morgan fingerprint density at radius 2 is 0.788 bits per heavy atom. The quantitative estimate of drug-likeness (QED) is 0.387. The second kappa shape index (κ2) is 8.57. The summed E-state index contributed by atoms with van der Waals surface area (Å²) in [4.78, 5) is 47.4. The maximum absolute atomic E-state index is 14.4. The molecule has 4 nitrogen and oxygen atoms in total. The van der Waals surface area contributed by atoms with E-state index in [1.54, 1.807) is 0 Å². The summed E-state index contributed by atoms with van der Waals surface area (Å²) in [7, 11) is 0. The predicted molar refractivity (Wildman–Crippen MR) is 106 cm³/mol. The first kappa shape index (κ1) is 26.0. The molecule has 0 unspecified atom stereocenters. The van der Waals surface area contributed by atoms with Gasteiger partial charge in [0.05, 0.1) is 0 Å². The summed E-state index contributed by atoms with van der Waals surface area (Å²) in [5.41, 5.74) is -9.25. The number of halogens is 6. The summed E-state index contributed by atoms with van der Waals surface area (Å²) in [6, 6.07) is 3.22. The highest BCUT2D eigenvalue weighted by molar-refractivity contribution is 6.08. The molecule has 176 valence electrons. The van der Waals surface area contributed by atoms with E-state index in [1.165, 1.54) is 0 Å². The number of carbonyl (C=O) groups is 4. The highest BCUT2D eigenvalue weighted by atomic mass is 19.4. The number of hydrogen-bond acceptors (Lipinski definition) is 4. The fourth-order valence-electron chi connectivity index (χ4n) is 3.73. The predicted octanol–water partition coefficient (Wildman–Crippen LogP) is 5.91. The molecular weight excluding hydrogens is 454 g/mol. The van der Waals surface area contributed by atoms with Gasteiger partial charge in [-0.25, -0.2) is 0 Å². The largest absolute Gasteiger partial charge is 0.411 e. The number of benzene rings is 2. The molecule has 0 amide bonds. The fraction of sp³-hybridized carbons (Fsp3) is 0.304. The smallest absolute Gasteiger partial charge is 0.294 e. The first-order chi connectivity index (χ1) is 15.0. The van der Waals surface area contributed by atoms with Gasteiger partial charge in [0.1, 0.15) is 0 Å². The number of rotatable bonds is 6. The van der Waals surface area contributed by atoms with E-state index in [4.69, 9.17) is 0 Å². The molecular formula is C23H18F6O4. The van der Waals surface area contributed by atoms with Crippen LogP contribution >= 0.6 is 0 Å². The molecule has 0 saturated heterocycles. The molecule has 2 aromatic rings. The van der Waals surface area contributed by atoms with Crippen molar-refractivity contribution in [2.24, 2.45) is 0 Å². The van der Waals surface area contributed by atoms with Gasteiger partial charge >= 0.3 is 12.4 Å². The minimum Gasteiger partial charge on any atom is -0.294 e. The summed E-state index contributed by atoms with van der Waals surface area (Å²) >= 11 is 0. The molecule has 0 spiro atoms. The highest BCUT2D eigenvalue weighted by Gasteiger charge is 2.72. The van der Waals surface area contributed by atoms with Crippen molar-refractivity contribution in [3.8, 4) is 0 Å². The number of alkyl halides is 6. The normalized spacial score (nSPS) is 12.4.